The Kier molecular flexibility index (Phi) is 5.00. The van der Waals surface area contributed by atoms with Gasteiger partial charge in [0.05, 0.1) is 23.8 Å². The van der Waals surface area contributed by atoms with Crippen LogP contribution in [0, 0.1) is 0 Å². The van der Waals surface area contributed by atoms with Gasteiger partial charge in [-0.3, -0.25) is 9.00 Å². The molecule has 0 aliphatic carbocycles. The summed E-state index contributed by atoms with van der Waals surface area (Å²) in [7, 11) is -1.29. The van der Waals surface area contributed by atoms with E-state index in [1.165, 1.54) is 0 Å². The molecule has 1 aromatic rings. The van der Waals surface area contributed by atoms with Crippen molar-refractivity contribution < 1.29 is 23.2 Å². The molecule has 2 atom stereocenters. The Balaban J connectivity index is 2.06. The highest BCUT2D eigenvalue weighted by atomic mass is 32.2. The van der Waals surface area contributed by atoms with Crippen molar-refractivity contribution in [3.8, 4) is 11.5 Å². The summed E-state index contributed by atoms with van der Waals surface area (Å²) in [4.78, 5) is 12.1. The molecule has 0 aromatic heterocycles. The number of ether oxygens (including phenoxy) is 3. The van der Waals surface area contributed by atoms with E-state index in [-0.39, 0.29) is 17.6 Å². The topological polar surface area (TPSA) is 61.8 Å². The predicted octanol–water partition coefficient (Wildman–Crippen LogP) is 1.91. The van der Waals surface area contributed by atoms with Gasteiger partial charge in [0.2, 0.25) is 0 Å². The summed E-state index contributed by atoms with van der Waals surface area (Å²) in [5, 5.41) is -0.309. The van der Waals surface area contributed by atoms with E-state index in [0.717, 1.165) is 0 Å². The van der Waals surface area contributed by atoms with Crippen LogP contribution in [0.4, 0.5) is 0 Å². The predicted molar refractivity (Wildman–Crippen MR) is 74.6 cm³/mol. The minimum absolute atomic E-state index is 0.134. The van der Waals surface area contributed by atoms with Crippen molar-refractivity contribution in [2.75, 3.05) is 19.8 Å². The summed E-state index contributed by atoms with van der Waals surface area (Å²) in [6.07, 6.45) is 0.134. The lowest BCUT2D eigenvalue weighted by atomic mass is 10.3. The van der Waals surface area contributed by atoms with Gasteiger partial charge in [-0.2, -0.15) is 0 Å². The number of fused-ring (bicyclic) bond motifs is 1. The number of esters is 1. The minimum Gasteiger partial charge on any atom is -0.486 e. The first-order chi connectivity index (χ1) is 9.61. The van der Waals surface area contributed by atoms with Crippen LogP contribution in [-0.2, 0) is 20.3 Å². The van der Waals surface area contributed by atoms with Gasteiger partial charge in [-0.05, 0) is 26.0 Å². The molecule has 5 nitrogen and oxygen atoms in total. The number of benzene rings is 1. The molecule has 0 fully saturated rings. The Hall–Kier alpha value is -1.56. The molecule has 1 aliphatic heterocycles. The van der Waals surface area contributed by atoms with Crippen LogP contribution in [0.2, 0.25) is 0 Å². The Morgan fingerprint density at radius 2 is 2.05 bits per heavy atom. The fraction of sp³-hybridized carbons (Fsp3) is 0.500. The lowest BCUT2D eigenvalue weighted by Crippen LogP contribution is -2.19. The number of carbonyl (C=O) groups excluding carboxylic acids is 1. The van der Waals surface area contributed by atoms with Crippen molar-refractivity contribution >= 4 is 16.8 Å². The van der Waals surface area contributed by atoms with Gasteiger partial charge >= 0.3 is 5.97 Å². The number of carbonyl (C=O) groups is 1. The molecule has 2 unspecified atom stereocenters. The largest absolute Gasteiger partial charge is 0.486 e. The van der Waals surface area contributed by atoms with Gasteiger partial charge < -0.3 is 14.2 Å². The summed E-state index contributed by atoms with van der Waals surface area (Å²) in [5.41, 5.74) is 0. The number of hydrogen-bond acceptors (Lipinski definition) is 5. The standard InChI is InChI=1S/C14H18O5S/c1-3-17-14(15)8-10(2)20(16)11-4-5-12-13(9-11)19-7-6-18-12/h4-5,9-10H,3,6-8H2,1-2H3. The SMILES string of the molecule is CCOC(=O)CC(C)S(=O)c1ccc2c(c1)OCCO2. The van der Waals surface area contributed by atoms with Crippen LogP contribution >= 0.6 is 0 Å². The van der Waals surface area contributed by atoms with Crippen LogP contribution in [0.3, 0.4) is 0 Å². The molecule has 110 valence electrons. The Morgan fingerprint density at radius 1 is 1.35 bits per heavy atom. The first-order valence-corrected chi connectivity index (χ1v) is 7.79. The molecule has 20 heavy (non-hydrogen) atoms. The molecule has 1 aromatic carbocycles. The van der Waals surface area contributed by atoms with Gasteiger partial charge in [0.25, 0.3) is 0 Å². The van der Waals surface area contributed by atoms with E-state index >= 15 is 0 Å². The van der Waals surface area contributed by atoms with E-state index in [1.54, 1.807) is 32.0 Å². The highest BCUT2D eigenvalue weighted by Crippen LogP contribution is 2.32. The van der Waals surface area contributed by atoms with Crippen LogP contribution in [0.15, 0.2) is 23.1 Å². The monoisotopic (exact) mass is 298 g/mol. The maximum absolute atomic E-state index is 12.4. The maximum atomic E-state index is 12.4. The van der Waals surface area contributed by atoms with E-state index < -0.39 is 10.8 Å². The van der Waals surface area contributed by atoms with Crippen LogP contribution in [0.1, 0.15) is 20.3 Å². The molecule has 0 spiro atoms. The third-order valence-electron chi connectivity index (χ3n) is 2.87. The highest BCUT2D eigenvalue weighted by Gasteiger charge is 2.20. The molecular formula is C14H18O5S. The van der Waals surface area contributed by atoms with Gasteiger partial charge in [0, 0.05) is 16.2 Å². The molecule has 0 N–H and O–H groups in total. The zero-order valence-corrected chi connectivity index (χ0v) is 12.4. The minimum atomic E-state index is -1.29. The third-order valence-corrected chi connectivity index (χ3v) is 4.49. The van der Waals surface area contributed by atoms with Crippen molar-refractivity contribution in [2.45, 2.75) is 30.4 Å². The second kappa shape index (κ2) is 6.74. The van der Waals surface area contributed by atoms with Crippen molar-refractivity contribution in [1.29, 1.82) is 0 Å². The maximum Gasteiger partial charge on any atom is 0.306 e. The quantitative estimate of drug-likeness (QED) is 0.777. The molecule has 0 saturated carbocycles. The van der Waals surface area contributed by atoms with Gasteiger partial charge in [-0.25, -0.2) is 0 Å². The lowest BCUT2D eigenvalue weighted by Gasteiger charge is -2.19. The second-order valence-corrected chi connectivity index (χ2v) is 6.29. The summed E-state index contributed by atoms with van der Waals surface area (Å²) in [5.74, 6) is 0.936. The Labute approximate surface area is 120 Å². The zero-order valence-electron chi connectivity index (χ0n) is 11.6. The zero-order chi connectivity index (χ0) is 14.5. The second-order valence-electron chi connectivity index (χ2n) is 4.42. The van der Waals surface area contributed by atoms with E-state index in [1.807, 2.05) is 0 Å². The van der Waals surface area contributed by atoms with Gasteiger partial charge in [-0.15, -0.1) is 0 Å². The molecule has 0 saturated heterocycles. The first kappa shape index (κ1) is 14.8. The van der Waals surface area contributed by atoms with E-state index in [0.29, 0.717) is 36.2 Å². The van der Waals surface area contributed by atoms with Crippen molar-refractivity contribution in [1.82, 2.24) is 0 Å². The van der Waals surface area contributed by atoms with Gasteiger partial charge in [0.1, 0.15) is 13.2 Å². The van der Waals surface area contributed by atoms with Crippen LogP contribution in [0.5, 0.6) is 11.5 Å². The average Bonchev–Trinajstić information content (AvgIpc) is 2.46. The normalized spacial score (nSPS) is 16.3. The lowest BCUT2D eigenvalue weighted by molar-refractivity contribution is -0.143. The third kappa shape index (κ3) is 3.50. The fourth-order valence-electron chi connectivity index (χ4n) is 1.91. The molecule has 2 rings (SSSR count). The smallest absolute Gasteiger partial charge is 0.306 e. The van der Waals surface area contributed by atoms with Crippen molar-refractivity contribution in [2.24, 2.45) is 0 Å². The van der Waals surface area contributed by atoms with E-state index in [9.17, 15) is 9.00 Å². The van der Waals surface area contributed by atoms with Gasteiger partial charge in [0.15, 0.2) is 11.5 Å². The van der Waals surface area contributed by atoms with Gasteiger partial charge in [-0.1, -0.05) is 0 Å². The molecule has 0 radical (unpaired) electrons. The molecule has 6 heteroatoms. The van der Waals surface area contributed by atoms with E-state index in [4.69, 9.17) is 14.2 Å². The van der Waals surface area contributed by atoms with Crippen molar-refractivity contribution in [3.63, 3.8) is 0 Å². The molecule has 1 aliphatic rings. The van der Waals surface area contributed by atoms with Crippen LogP contribution < -0.4 is 9.47 Å². The van der Waals surface area contributed by atoms with Crippen molar-refractivity contribution in [3.05, 3.63) is 18.2 Å². The Bertz CT molecular complexity index is 514. The fourth-order valence-corrected chi connectivity index (χ4v) is 3.09. The molecule has 0 bridgehead atoms. The van der Waals surface area contributed by atoms with Crippen LogP contribution in [-0.4, -0.2) is 35.2 Å². The molecule has 0 amide bonds. The summed E-state index contributed by atoms with van der Waals surface area (Å²) in [6.45, 7) is 4.86. The molecule has 1 heterocycles. The summed E-state index contributed by atoms with van der Waals surface area (Å²) in [6, 6.07) is 5.20. The summed E-state index contributed by atoms with van der Waals surface area (Å²) >= 11 is 0. The number of hydrogen-bond donors (Lipinski definition) is 0. The average molecular weight is 298 g/mol. The first-order valence-electron chi connectivity index (χ1n) is 6.57. The van der Waals surface area contributed by atoms with Crippen LogP contribution in [0.25, 0.3) is 0 Å². The highest BCUT2D eigenvalue weighted by molar-refractivity contribution is 7.85. The Morgan fingerprint density at radius 3 is 2.75 bits per heavy atom. The molecular weight excluding hydrogens is 280 g/mol. The van der Waals surface area contributed by atoms with E-state index in [2.05, 4.69) is 0 Å². The number of rotatable bonds is 5. The summed E-state index contributed by atoms with van der Waals surface area (Å²) < 4.78 is 28.1.